The number of hydrogen-bond acceptors (Lipinski definition) is 5. The normalized spacial score (nSPS) is 20.1. The molecule has 0 spiro atoms. The van der Waals surface area contributed by atoms with Crippen molar-refractivity contribution in [3.05, 3.63) is 18.1 Å². The maximum Gasteiger partial charge on any atom is 0.342 e. The van der Waals surface area contributed by atoms with E-state index in [0.717, 1.165) is 6.42 Å². The van der Waals surface area contributed by atoms with Gasteiger partial charge in [0, 0.05) is 12.6 Å². The average molecular weight is 210 g/mol. The van der Waals surface area contributed by atoms with Gasteiger partial charge < -0.3 is 14.6 Å². The topological polar surface area (TPSA) is 81.5 Å². The lowest BCUT2D eigenvalue weighted by atomic mass is 10.3. The van der Waals surface area contributed by atoms with Crippen LogP contribution in [0.1, 0.15) is 16.8 Å². The Hall–Kier alpha value is -1.69. The molecule has 0 aliphatic carbocycles. The van der Waals surface area contributed by atoms with E-state index in [1.165, 1.54) is 12.5 Å². The van der Waals surface area contributed by atoms with Crippen LogP contribution in [0.15, 0.2) is 12.5 Å². The van der Waals surface area contributed by atoms with Crippen molar-refractivity contribution in [2.24, 2.45) is 0 Å². The summed E-state index contributed by atoms with van der Waals surface area (Å²) in [6.45, 7) is 1.11. The summed E-state index contributed by atoms with van der Waals surface area (Å²) in [5.74, 6) is -0.988. The highest BCUT2D eigenvalue weighted by Gasteiger charge is 2.21. The summed E-state index contributed by atoms with van der Waals surface area (Å²) in [5.41, 5.74) is -0.0237. The van der Waals surface area contributed by atoms with Gasteiger partial charge in [-0.15, -0.1) is 0 Å². The second-order valence-corrected chi connectivity index (χ2v) is 3.15. The molecule has 80 valence electrons. The van der Waals surface area contributed by atoms with E-state index in [0.29, 0.717) is 13.2 Å². The van der Waals surface area contributed by atoms with Crippen molar-refractivity contribution in [1.82, 2.24) is 9.97 Å². The van der Waals surface area contributed by atoms with Crippen LogP contribution < -0.4 is 4.74 Å². The van der Waals surface area contributed by atoms with Gasteiger partial charge in [0.2, 0.25) is 5.88 Å². The van der Waals surface area contributed by atoms with Crippen LogP contribution in [0.25, 0.3) is 0 Å². The molecule has 1 aromatic rings. The van der Waals surface area contributed by atoms with Gasteiger partial charge in [0.25, 0.3) is 0 Å². The Morgan fingerprint density at radius 2 is 2.53 bits per heavy atom. The SMILES string of the molecule is O=C(O)c1cncnc1OC1CCOC1. The third kappa shape index (κ3) is 2.21. The van der Waals surface area contributed by atoms with E-state index in [4.69, 9.17) is 14.6 Å². The van der Waals surface area contributed by atoms with Gasteiger partial charge in [-0.1, -0.05) is 0 Å². The molecule has 0 bridgehead atoms. The van der Waals surface area contributed by atoms with Crippen molar-refractivity contribution in [1.29, 1.82) is 0 Å². The molecule has 15 heavy (non-hydrogen) atoms. The molecule has 2 rings (SSSR count). The Morgan fingerprint density at radius 3 is 3.20 bits per heavy atom. The number of carboxylic acids is 1. The van der Waals surface area contributed by atoms with E-state index < -0.39 is 5.97 Å². The van der Waals surface area contributed by atoms with Crippen molar-refractivity contribution in [3.8, 4) is 5.88 Å². The first-order valence-corrected chi connectivity index (χ1v) is 4.55. The third-order valence-corrected chi connectivity index (χ3v) is 2.07. The molecule has 6 nitrogen and oxygen atoms in total. The quantitative estimate of drug-likeness (QED) is 0.774. The zero-order chi connectivity index (χ0) is 10.7. The second-order valence-electron chi connectivity index (χ2n) is 3.15. The van der Waals surface area contributed by atoms with Crippen LogP contribution in [0.4, 0.5) is 0 Å². The molecule has 2 heterocycles. The largest absolute Gasteiger partial charge is 0.477 e. The van der Waals surface area contributed by atoms with Crippen molar-refractivity contribution in [2.75, 3.05) is 13.2 Å². The highest BCUT2D eigenvalue weighted by atomic mass is 16.5. The Kier molecular flexibility index (Phi) is 2.77. The first kappa shape index (κ1) is 9.85. The van der Waals surface area contributed by atoms with Gasteiger partial charge >= 0.3 is 5.97 Å². The number of aromatic carboxylic acids is 1. The summed E-state index contributed by atoms with van der Waals surface area (Å²) >= 11 is 0. The maximum atomic E-state index is 10.8. The van der Waals surface area contributed by atoms with Crippen LogP contribution in [0, 0.1) is 0 Å². The summed E-state index contributed by atoms with van der Waals surface area (Å²) in [7, 11) is 0. The minimum absolute atomic E-state index is 0.0237. The van der Waals surface area contributed by atoms with Gasteiger partial charge in [-0.2, -0.15) is 0 Å². The lowest BCUT2D eigenvalue weighted by molar-refractivity contribution is 0.0684. The van der Waals surface area contributed by atoms with Crippen LogP contribution in [-0.4, -0.2) is 40.4 Å². The molecule has 0 saturated carbocycles. The van der Waals surface area contributed by atoms with Crippen LogP contribution in [0.3, 0.4) is 0 Å². The first-order chi connectivity index (χ1) is 7.27. The molecule has 0 aromatic carbocycles. The second kappa shape index (κ2) is 4.22. The first-order valence-electron chi connectivity index (χ1n) is 4.55. The summed E-state index contributed by atoms with van der Waals surface area (Å²) in [6.07, 6.45) is 3.12. The van der Waals surface area contributed by atoms with Crippen LogP contribution in [0.2, 0.25) is 0 Å². The summed E-state index contributed by atoms with van der Waals surface area (Å²) in [4.78, 5) is 18.2. The molecular formula is C9H10N2O4. The van der Waals surface area contributed by atoms with Crippen molar-refractivity contribution in [2.45, 2.75) is 12.5 Å². The average Bonchev–Trinajstić information content (AvgIpc) is 2.71. The third-order valence-electron chi connectivity index (χ3n) is 2.07. The van der Waals surface area contributed by atoms with Gasteiger partial charge in [0.15, 0.2) is 0 Å². The number of rotatable bonds is 3. The zero-order valence-corrected chi connectivity index (χ0v) is 7.92. The lowest BCUT2D eigenvalue weighted by Gasteiger charge is -2.11. The zero-order valence-electron chi connectivity index (χ0n) is 7.92. The predicted octanol–water partition coefficient (Wildman–Crippen LogP) is 0.343. The Balaban J connectivity index is 2.15. The van der Waals surface area contributed by atoms with E-state index >= 15 is 0 Å². The molecule has 0 radical (unpaired) electrons. The van der Waals surface area contributed by atoms with Crippen molar-refractivity contribution < 1.29 is 19.4 Å². The predicted molar refractivity (Wildman–Crippen MR) is 48.8 cm³/mol. The molecule has 6 heteroatoms. The lowest BCUT2D eigenvalue weighted by Crippen LogP contribution is -2.18. The fraction of sp³-hybridized carbons (Fsp3) is 0.444. The maximum absolute atomic E-state index is 10.8. The molecule has 1 aliphatic rings. The minimum Gasteiger partial charge on any atom is -0.477 e. The summed E-state index contributed by atoms with van der Waals surface area (Å²) in [6, 6.07) is 0. The Labute approximate surface area is 85.9 Å². The van der Waals surface area contributed by atoms with Crippen LogP contribution >= 0.6 is 0 Å². The van der Waals surface area contributed by atoms with Crippen LogP contribution in [-0.2, 0) is 4.74 Å². The molecule has 1 saturated heterocycles. The monoisotopic (exact) mass is 210 g/mol. The van der Waals surface area contributed by atoms with E-state index in [9.17, 15) is 4.79 Å². The standard InChI is InChI=1S/C9H10N2O4/c12-9(13)7-3-10-5-11-8(7)15-6-1-2-14-4-6/h3,5-6H,1-2,4H2,(H,12,13). The van der Waals surface area contributed by atoms with E-state index in [1.54, 1.807) is 0 Å². The minimum atomic E-state index is -1.09. The van der Waals surface area contributed by atoms with E-state index in [1.807, 2.05) is 0 Å². The number of ether oxygens (including phenoxy) is 2. The van der Waals surface area contributed by atoms with Gasteiger partial charge in [0.1, 0.15) is 18.0 Å². The molecule has 1 N–H and O–H groups in total. The van der Waals surface area contributed by atoms with Gasteiger partial charge in [0.05, 0.1) is 13.2 Å². The fourth-order valence-electron chi connectivity index (χ4n) is 1.32. The van der Waals surface area contributed by atoms with Crippen LogP contribution in [0.5, 0.6) is 5.88 Å². The highest BCUT2D eigenvalue weighted by molar-refractivity contribution is 5.89. The molecule has 1 atom stereocenters. The Morgan fingerprint density at radius 1 is 1.67 bits per heavy atom. The van der Waals surface area contributed by atoms with E-state index in [-0.39, 0.29) is 17.5 Å². The number of carbonyl (C=O) groups is 1. The van der Waals surface area contributed by atoms with E-state index in [2.05, 4.69) is 9.97 Å². The van der Waals surface area contributed by atoms with Crippen molar-refractivity contribution >= 4 is 5.97 Å². The number of carboxylic acid groups (broad SMARTS) is 1. The van der Waals surface area contributed by atoms with Gasteiger partial charge in [-0.25, -0.2) is 14.8 Å². The molecule has 1 unspecified atom stereocenters. The summed E-state index contributed by atoms with van der Waals surface area (Å²) < 4.78 is 10.5. The fourth-order valence-corrected chi connectivity index (χ4v) is 1.32. The number of nitrogens with zero attached hydrogens (tertiary/aromatic N) is 2. The smallest absolute Gasteiger partial charge is 0.342 e. The van der Waals surface area contributed by atoms with Gasteiger partial charge in [-0.05, 0) is 0 Å². The number of hydrogen-bond donors (Lipinski definition) is 1. The van der Waals surface area contributed by atoms with Crippen molar-refractivity contribution in [3.63, 3.8) is 0 Å². The number of aromatic nitrogens is 2. The van der Waals surface area contributed by atoms with Gasteiger partial charge in [-0.3, -0.25) is 0 Å². The molecule has 1 fully saturated rings. The molecule has 1 aliphatic heterocycles. The Bertz CT molecular complexity index is 363. The molecular weight excluding hydrogens is 200 g/mol. The summed E-state index contributed by atoms with van der Waals surface area (Å²) in [5, 5.41) is 8.85. The molecule has 1 aromatic heterocycles. The highest BCUT2D eigenvalue weighted by Crippen LogP contribution is 2.17. The molecule has 0 amide bonds.